The molecule has 0 unspecified atom stereocenters. The number of carbonyl (C=O) groups is 1. The quantitative estimate of drug-likeness (QED) is 0.925. The summed E-state index contributed by atoms with van der Waals surface area (Å²) < 4.78 is 29.3. The molecule has 23 heavy (non-hydrogen) atoms. The number of rotatable bonds is 4. The Morgan fingerprint density at radius 2 is 1.96 bits per heavy atom. The minimum Gasteiger partial charge on any atom is -0.433 e. The zero-order chi connectivity index (χ0) is 16.2. The Kier molecular flexibility index (Phi) is 4.95. The molecule has 0 aromatic heterocycles. The summed E-state index contributed by atoms with van der Waals surface area (Å²) in [6, 6.07) is 6.38. The van der Waals surface area contributed by atoms with E-state index in [-0.39, 0.29) is 17.5 Å². The van der Waals surface area contributed by atoms with E-state index in [9.17, 15) is 13.6 Å². The van der Waals surface area contributed by atoms with Gasteiger partial charge in [-0.25, -0.2) is 4.79 Å². The minimum absolute atomic E-state index is 0.0221. The van der Waals surface area contributed by atoms with Crippen molar-refractivity contribution in [3.63, 3.8) is 0 Å². The van der Waals surface area contributed by atoms with Crippen molar-refractivity contribution >= 4 is 11.7 Å². The summed E-state index contributed by atoms with van der Waals surface area (Å²) in [4.78, 5) is 16.5. The number of nitrogens with one attached hydrogen (secondary N) is 1. The van der Waals surface area contributed by atoms with Gasteiger partial charge in [-0.2, -0.15) is 8.78 Å². The Balaban J connectivity index is 1.59. The van der Waals surface area contributed by atoms with Crippen molar-refractivity contribution in [1.29, 1.82) is 0 Å². The van der Waals surface area contributed by atoms with Gasteiger partial charge in [0, 0.05) is 19.1 Å². The van der Waals surface area contributed by atoms with Crippen molar-refractivity contribution in [1.82, 2.24) is 9.80 Å². The van der Waals surface area contributed by atoms with Crippen LogP contribution in [0.15, 0.2) is 24.3 Å². The Labute approximate surface area is 134 Å². The van der Waals surface area contributed by atoms with Gasteiger partial charge in [0.2, 0.25) is 0 Å². The Morgan fingerprint density at radius 3 is 2.70 bits per heavy atom. The molecule has 1 aromatic rings. The number of nitrogens with zero attached hydrogens (tertiary/aromatic N) is 2. The van der Waals surface area contributed by atoms with E-state index in [2.05, 4.69) is 15.0 Å². The molecule has 0 radical (unpaired) electrons. The van der Waals surface area contributed by atoms with Crippen LogP contribution >= 0.6 is 0 Å². The highest BCUT2D eigenvalue weighted by atomic mass is 19.3. The molecule has 5 nitrogen and oxygen atoms in total. The van der Waals surface area contributed by atoms with Crippen LogP contribution in [0.5, 0.6) is 5.75 Å². The van der Waals surface area contributed by atoms with Gasteiger partial charge >= 0.3 is 12.6 Å². The normalized spacial score (nSPS) is 21.9. The SMILES string of the molecule is O=C(Nc1ccccc1OC(F)F)N1CC[C@H](N2CCCC2)C1. The molecule has 0 saturated carbocycles. The Bertz CT molecular complexity index is 550. The number of carbonyl (C=O) groups excluding carboxylic acids is 1. The molecule has 7 heteroatoms. The van der Waals surface area contributed by atoms with Crippen LogP contribution in [0.1, 0.15) is 19.3 Å². The van der Waals surface area contributed by atoms with Crippen LogP contribution in [-0.4, -0.2) is 54.7 Å². The summed E-state index contributed by atoms with van der Waals surface area (Å²) in [5, 5.41) is 2.68. The molecule has 2 saturated heterocycles. The van der Waals surface area contributed by atoms with E-state index in [0.717, 1.165) is 19.5 Å². The number of ether oxygens (including phenoxy) is 1. The summed E-state index contributed by atoms with van der Waals surface area (Å²) in [6.07, 6.45) is 3.41. The third-order valence-electron chi connectivity index (χ3n) is 4.45. The van der Waals surface area contributed by atoms with Gasteiger partial charge in [-0.3, -0.25) is 4.90 Å². The predicted molar refractivity (Wildman–Crippen MR) is 82.9 cm³/mol. The number of halogens is 2. The average molecular weight is 325 g/mol. The van der Waals surface area contributed by atoms with Crippen molar-refractivity contribution in [2.75, 3.05) is 31.5 Å². The van der Waals surface area contributed by atoms with E-state index in [0.29, 0.717) is 19.1 Å². The molecule has 2 fully saturated rings. The minimum atomic E-state index is -2.92. The monoisotopic (exact) mass is 325 g/mol. The van der Waals surface area contributed by atoms with E-state index in [1.165, 1.54) is 18.9 Å². The summed E-state index contributed by atoms with van der Waals surface area (Å²) in [6.45, 7) is 0.657. The second-order valence-corrected chi connectivity index (χ2v) is 5.94. The van der Waals surface area contributed by atoms with Gasteiger partial charge in [-0.05, 0) is 44.5 Å². The largest absolute Gasteiger partial charge is 0.433 e. The second-order valence-electron chi connectivity index (χ2n) is 5.94. The fourth-order valence-corrected chi connectivity index (χ4v) is 3.29. The van der Waals surface area contributed by atoms with Crippen molar-refractivity contribution in [3.05, 3.63) is 24.3 Å². The summed E-state index contributed by atoms with van der Waals surface area (Å²) in [5.74, 6) is -0.0221. The van der Waals surface area contributed by atoms with Gasteiger partial charge in [0.15, 0.2) is 0 Å². The number of urea groups is 1. The van der Waals surface area contributed by atoms with Gasteiger partial charge < -0.3 is 15.0 Å². The number of hydrogen-bond donors (Lipinski definition) is 1. The molecule has 2 amide bonds. The molecule has 1 aromatic carbocycles. The number of anilines is 1. The van der Waals surface area contributed by atoms with E-state index in [4.69, 9.17) is 0 Å². The Hall–Kier alpha value is -1.89. The molecule has 2 heterocycles. The topological polar surface area (TPSA) is 44.8 Å². The lowest BCUT2D eigenvalue weighted by Gasteiger charge is -2.24. The van der Waals surface area contributed by atoms with Gasteiger partial charge in [0.25, 0.3) is 0 Å². The van der Waals surface area contributed by atoms with Crippen molar-refractivity contribution in [2.24, 2.45) is 0 Å². The van der Waals surface area contributed by atoms with Gasteiger partial charge in [-0.15, -0.1) is 0 Å². The highest BCUT2D eigenvalue weighted by Crippen LogP contribution is 2.27. The zero-order valence-electron chi connectivity index (χ0n) is 12.9. The fraction of sp³-hybridized carbons (Fsp3) is 0.562. The number of amides is 2. The van der Waals surface area contributed by atoms with Crippen molar-refractivity contribution in [3.8, 4) is 5.75 Å². The molecular formula is C16H21F2N3O2. The van der Waals surface area contributed by atoms with E-state index in [1.807, 2.05) is 0 Å². The number of para-hydroxylation sites is 2. The number of likely N-dealkylation sites (tertiary alicyclic amines) is 2. The van der Waals surface area contributed by atoms with E-state index < -0.39 is 6.61 Å². The molecule has 0 aliphatic carbocycles. The first kappa shape index (κ1) is 16.0. The first-order chi connectivity index (χ1) is 11.1. The van der Waals surface area contributed by atoms with Crippen LogP contribution in [0.3, 0.4) is 0 Å². The van der Waals surface area contributed by atoms with E-state index >= 15 is 0 Å². The molecular weight excluding hydrogens is 304 g/mol. The van der Waals surface area contributed by atoms with Crippen LogP contribution in [0, 0.1) is 0 Å². The van der Waals surface area contributed by atoms with Gasteiger partial charge in [0.05, 0.1) is 5.69 Å². The van der Waals surface area contributed by atoms with E-state index in [1.54, 1.807) is 23.1 Å². The molecule has 2 aliphatic rings. The van der Waals surface area contributed by atoms with Crippen LogP contribution in [0.4, 0.5) is 19.3 Å². The van der Waals surface area contributed by atoms with Crippen LogP contribution in [0.2, 0.25) is 0 Å². The highest BCUT2D eigenvalue weighted by molar-refractivity contribution is 5.91. The summed E-state index contributed by atoms with van der Waals surface area (Å²) >= 11 is 0. The third-order valence-corrected chi connectivity index (χ3v) is 4.45. The van der Waals surface area contributed by atoms with Crippen LogP contribution in [0.25, 0.3) is 0 Å². The lowest BCUT2D eigenvalue weighted by molar-refractivity contribution is -0.0493. The maximum absolute atomic E-state index is 12.4. The maximum atomic E-state index is 12.4. The molecule has 126 valence electrons. The lowest BCUT2D eigenvalue weighted by Crippen LogP contribution is -2.38. The maximum Gasteiger partial charge on any atom is 0.387 e. The predicted octanol–water partition coefficient (Wildman–Crippen LogP) is 2.99. The molecule has 1 N–H and O–H groups in total. The fourth-order valence-electron chi connectivity index (χ4n) is 3.29. The van der Waals surface area contributed by atoms with Crippen LogP contribution in [-0.2, 0) is 0 Å². The van der Waals surface area contributed by atoms with Gasteiger partial charge in [0.1, 0.15) is 5.75 Å². The standard InChI is InChI=1S/C16H21F2N3O2/c17-15(18)23-14-6-2-1-5-13(14)19-16(22)21-10-7-12(11-21)20-8-3-4-9-20/h1-2,5-6,12,15H,3-4,7-11H2,(H,19,22)/t12-/m0/s1. The number of benzene rings is 1. The van der Waals surface area contributed by atoms with Gasteiger partial charge in [-0.1, -0.05) is 12.1 Å². The third kappa shape index (κ3) is 3.90. The molecule has 0 bridgehead atoms. The molecule has 1 atom stereocenters. The van der Waals surface area contributed by atoms with Crippen molar-refractivity contribution < 1.29 is 18.3 Å². The average Bonchev–Trinajstić information content (AvgIpc) is 3.19. The van der Waals surface area contributed by atoms with Crippen molar-refractivity contribution in [2.45, 2.75) is 31.9 Å². The first-order valence-corrected chi connectivity index (χ1v) is 7.97. The summed E-state index contributed by atoms with van der Waals surface area (Å²) in [7, 11) is 0. The number of hydrogen-bond acceptors (Lipinski definition) is 3. The number of alkyl halides is 2. The Morgan fingerprint density at radius 1 is 1.22 bits per heavy atom. The summed E-state index contributed by atoms with van der Waals surface area (Å²) in [5.41, 5.74) is 0.266. The molecule has 2 aliphatic heterocycles. The smallest absolute Gasteiger partial charge is 0.387 e. The second kappa shape index (κ2) is 7.12. The zero-order valence-corrected chi connectivity index (χ0v) is 12.9. The highest BCUT2D eigenvalue weighted by Gasteiger charge is 2.31. The first-order valence-electron chi connectivity index (χ1n) is 7.97. The molecule has 0 spiro atoms. The van der Waals surface area contributed by atoms with Crippen LogP contribution < -0.4 is 10.1 Å². The lowest BCUT2D eigenvalue weighted by atomic mass is 10.2. The molecule has 3 rings (SSSR count).